The van der Waals surface area contributed by atoms with Gasteiger partial charge in [-0.05, 0) is 18.4 Å². The second-order valence-corrected chi connectivity index (χ2v) is 4.53. The average Bonchev–Trinajstić information content (AvgIpc) is 2.31. The van der Waals surface area contributed by atoms with Gasteiger partial charge in [-0.2, -0.15) is 0 Å². The van der Waals surface area contributed by atoms with Crippen molar-refractivity contribution in [1.82, 2.24) is 0 Å². The van der Waals surface area contributed by atoms with Gasteiger partial charge in [0.2, 0.25) is 0 Å². The average molecular weight is 205 g/mol. The summed E-state index contributed by atoms with van der Waals surface area (Å²) < 4.78 is 0. The smallest absolute Gasteiger partial charge is 0.0480 e. The van der Waals surface area contributed by atoms with E-state index < -0.39 is 0 Å². The highest BCUT2D eigenvalue weighted by molar-refractivity contribution is 5.25. The van der Waals surface area contributed by atoms with E-state index in [1.807, 2.05) is 18.2 Å². The molecule has 82 valence electrons. The minimum Gasteiger partial charge on any atom is -0.396 e. The van der Waals surface area contributed by atoms with E-state index in [2.05, 4.69) is 12.1 Å². The molecule has 15 heavy (non-hydrogen) atoms. The van der Waals surface area contributed by atoms with Crippen LogP contribution < -0.4 is 5.73 Å². The fourth-order valence-electron chi connectivity index (χ4n) is 2.65. The maximum absolute atomic E-state index is 9.41. The van der Waals surface area contributed by atoms with Crippen LogP contribution in [-0.2, 0) is 5.54 Å². The molecule has 0 aromatic heterocycles. The van der Waals surface area contributed by atoms with Crippen molar-refractivity contribution in [2.24, 2.45) is 11.7 Å². The molecule has 1 saturated carbocycles. The van der Waals surface area contributed by atoms with Crippen LogP contribution in [0.1, 0.15) is 31.2 Å². The van der Waals surface area contributed by atoms with Crippen LogP contribution in [0.4, 0.5) is 0 Å². The number of rotatable bonds is 2. The second-order valence-electron chi connectivity index (χ2n) is 4.53. The molecular weight excluding hydrogens is 186 g/mol. The monoisotopic (exact) mass is 205 g/mol. The lowest BCUT2D eigenvalue weighted by molar-refractivity contribution is 0.108. The van der Waals surface area contributed by atoms with Gasteiger partial charge >= 0.3 is 0 Å². The van der Waals surface area contributed by atoms with Crippen LogP contribution in [-0.4, -0.2) is 11.7 Å². The molecule has 0 aliphatic heterocycles. The fourth-order valence-corrected chi connectivity index (χ4v) is 2.65. The molecule has 1 aromatic rings. The third kappa shape index (κ3) is 1.92. The van der Waals surface area contributed by atoms with Gasteiger partial charge in [0, 0.05) is 18.1 Å². The summed E-state index contributed by atoms with van der Waals surface area (Å²) in [4.78, 5) is 0. The molecule has 0 spiro atoms. The predicted molar refractivity (Wildman–Crippen MR) is 61.4 cm³/mol. The van der Waals surface area contributed by atoms with Gasteiger partial charge in [0.05, 0.1) is 0 Å². The van der Waals surface area contributed by atoms with Crippen LogP contribution in [0, 0.1) is 5.92 Å². The molecule has 1 aliphatic carbocycles. The normalized spacial score (nSPS) is 31.5. The quantitative estimate of drug-likeness (QED) is 0.776. The molecule has 0 heterocycles. The second kappa shape index (κ2) is 4.33. The van der Waals surface area contributed by atoms with Crippen molar-refractivity contribution < 1.29 is 5.11 Å². The van der Waals surface area contributed by atoms with Crippen LogP contribution in [0.3, 0.4) is 0 Å². The summed E-state index contributed by atoms with van der Waals surface area (Å²) in [6.07, 6.45) is 4.39. The summed E-state index contributed by atoms with van der Waals surface area (Å²) in [5.41, 5.74) is 7.33. The molecule has 2 atom stereocenters. The molecule has 1 aromatic carbocycles. The Labute approximate surface area is 91.1 Å². The molecule has 0 radical (unpaired) electrons. The first kappa shape index (κ1) is 10.7. The minimum atomic E-state index is -0.311. The summed E-state index contributed by atoms with van der Waals surface area (Å²) >= 11 is 0. The van der Waals surface area contributed by atoms with Crippen molar-refractivity contribution in [3.8, 4) is 0 Å². The summed E-state index contributed by atoms with van der Waals surface area (Å²) in [7, 11) is 0. The molecular formula is C13H19NO. The van der Waals surface area contributed by atoms with Crippen LogP contribution in [0.2, 0.25) is 0 Å². The van der Waals surface area contributed by atoms with Gasteiger partial charge in [-0.3, -0.25) is 0 Å². The number of aliphatic hydroxyl groups is 1. The summed E-state index contributed by atoms with van der Waals surface area (Å²) in [6.45, 7) is 0.200. The van der Waals surface area contributed by atoms with E-state index in [0.29, 0.717) is 0 Å². The zero-order valence-electron chi connectivity index (χ0n) is 9.02. The van der Waals surface area contributed by atoms with Crippen LogP contribution >= 0.6 is 0 Å². The fraction of sp³-hybridized carbons (Fsp3) is 0.538. The third-order valence-corrected chi connectivity index (χ3v) is 3.65. The predicted octanol–water partition coefficient (Wildman–Crippen LogP) is 2.02. The van der Waals surface area contributed by atoms with Crippen molar-refractivity contribution in [3.05, 3.63) is 35.9 Å². The van der Waals surface area contributed by atoms with E-state index in [1.54, 1.807) is 0 Å². The number of hydrogen-bond donors (Lipinski definition) is 2. The molecule has 2 unspecified atom stereocenters. The van der Waals surface area contributed by atoms with Crippen molar-refractivity contribution >= 4 is 0 Å². The topological polar surface area (TPSA) is 46.2 Å². The Morgan fingerprint density at radius 1 is 1.27 bits per heavy atom. The zero-order valence-corrected chi connectivity index (χ0v) is 9.02. The minimum absolute atomic E-state index is 0.200. The summed E-state index contributed by atoms with van der Waals surface area (Å²) in [5, 5.41) is 9.41. The first-order chi connectivity index (χ1) is 7.27. The van der Waals surface area contributed by atoms with E-state index in [1.165, 1.54) is 18.4 Å². The summed E-state index contributed by atoms with van der Waals surface area (Å²) in [6, 6.07) is 10.2. The van der Waals surface area contributed by atoms with Gasteiger partial charge in [-0.15, -0.1) is 0 Å². The van der Waals surface area contributed by atoms with Crippen LogP contribution in [0.15, 0.2) is 30.3 Å². The van der Waals surface area contributed by atoms with E-state index in [9.17, 15) is 5.11 Å². The lowest BCUT2D eigenvalue weighted by atomic mass is 9.70. The molecule has 0 amide bonds. The molecule has 0 saturated heterocycles. The highest BCUT2D eigenvalue weighted by Crippen LogP contribution is 2.39. The van der Waals surface area contributed by atoms with Gasteiger partial charge in [0.15, 0.2) is 0 Å². The molecule has 2 heteroatoms. The maximum atomic E-state index is 9.41. The van der Waals surface area contributed by atoms with Crippen molar-refractivity contribution in [1.29, 1.82) is 0 Å². The van der Waals surface area contributed by atoms with Gasteiger partial charge < -0.3 is 10.8 Å². The Kier molecular flexibility index (Phi) is 3.08. The molecule has 2 rings (SSSR count). The van der Waals surface area contributed by atoms with Crippen LogP contribution in [0.25, 0.3) is 0 Å². The van der Waals surface area contributed by atoms with Crippen LogP contribution in [0.5, 0.6) is 0 Å². The highest BCUT2D eigenvalue weighted by atomic mass is 16.3. The SMILES string of the molecule is NC1(c2ccccc2)CCCCC1CO. The Morgan fingerprint density at radius 3 is 2.67 bits per heavy atom. The van der Waals surface area contributed by atoms with Crippen molar-refractivity contribution in [2.45, 2.75) is 31.2 Å². The number of benzene rings is 1. The van der Waals surface area contributed by atoms with Gasteiger partial charge in [0.25, 0.3) is 0 Å². The van der Waals surface area contributed by atoms with Crippen molar-refractivity contribution in [3.63, 3.8) is 0 Å². The van der Waals surface area contributed by atoms with E-state index in [4.69, 9.17) is 5.73 Å². The van der Waals surface area contributed by atoms with Crippen molar-refractivity contribution in [2.75, 3.05) is 6.61 Å². The number of hydrogen-bond acceptors (Lipinski definition) is 2. The largest absolute Gasteiger partial charge is 0.396 e. The zero-order chi connectivity index (χ0) is 10.7. The molecule has 2 nitrogen and oxygen atoms in total. The molecule has 1 aliphatic rings. The number of aliphatic hydroxyl groups excluding tert-OH is 1. The molecule has 1 fully saturated rings. The lowest BCUT2D eigenvalue weighted by Crippen LogP contribution is -2.47. The maximum Gasteiger partial charge on any atom is 0.0480 e. The van der Waals surface area contributed by atoms with Gasteiger partial charge in [0.1, 0.15) is 0 Å². The van der Waals surface area contributed by atoms with Gasteiger partial charge in [-0.1, -0.05) is 43.2 Å². The van der Waals surface area contributed by atoms with Gasteiger partial charge in [-0.25, -0.2) is 0 Å². The first-order valence-corrected chi connectivity index (χ1v) is 5.72. The Hall–Kier alpha value is -0.860. The standard InChI is InChI=1S/C13H19NO/c14-13(11-6-2-1-3-7-11)9-5-4-8-12(13)10-15/h1-3,6-7,12,15H,4-5,8-10,14H2. The van der Waals surface area contributed by atoms with E-state index in [-0.39, 0.29) is 18.1 Å². The Balaban J connectivity index is 2.30. The third-order valence-electron chi connectivity index (χ3n) is 3.65. The Morgan fingerprint density at radius 2 is 2.00 bits per heavy atom. The van der Waals surface area contributed by atoms with E-state index in [0.717, 1.165) is 12.8 Å². The van der Waals surface area contributed by atoms with E-state index >= 15 is 0 Å². The first-order valence-electron chi connectivity index (χ1n) is 5.72. The molecule has 0 bridgehead atoms. The summed E-state index contributed by atoms with van der Waals surface area (Å²) in [5.74, 6) is 0.216. The number of nitrogens with two attached hydrogens (primary N) is 1. The highest BCUT2D eigenvalue weighted by Gasteiger charge is 2.37. The lowest BCUT2D eigenvalue weighted by Gasteiger charge is -2.41. The Bertz CT molecular complexity index is 312. The molecule has 3 N–H and O–H groups in total.